The normalized spacial score (nSPS) is 23.4. The highest BCUT2D eigenvalue weighted by molar-refractivity contribution is 5.84. The monoisotopic (exact) mass is 353 g/mol. The molecule has 136 valence electrons. The summed E-state index contributed by atoms with van der Waals surface area (Å²) in [6.07, 6.45) is -1.32. The van der Waals surface area contributed by atoms with Crippen molar-refractivity contribution in [3.05, 3.63) is 35.6 Å². The molecule has 0 spiro atoms. The third-order valence-electron chi connectivity index (χ3n) is 3.92. The summed E-state index contributed by atoms with van der Waals surface area (Å²) in [6, 6.07) is 2.72. The first kappa shape index (κ1) is 18.7. The molecule has 1 aromatic rings. The third-order valence-corrected chi connectivity index (χ3v) is 3.92. The Bertz CT molecular complexity index is 699. The lowest BCUT2D eigenvalue weighted by molar-refractivity contribution is -0.143. The molecule has 1 aliphatic heterocycles. The first-order valence-electron chi connectivity index (χ1n) is 7.74. The molecule has 0 bridgehead atoms. The van der Waals surface area contributed by atoms with Crippen molar-refractivity contribution >= 4 is 18.0 Å². The summed E-state index contributed by atoms with van der Waals surface area (Å²) in [5, 5.41) is 18.9. The third kappa shape index (κ3) is 3.89. The Kier molecular flexibility index (Phi) is 5.01. The number of ether oxygens (including phenoxy) is 1. The van der Waals surface area contributed by atoms with Gasteiger partial charge in [-0.15, -0.1) is 0 Å². The van der Waals surface area contributed by atoms with Crippen LogP contribution < -0.4 is 0 Å². The second kappa shape index (κ2) is 6.70. The number of rotatable bonds is 3. The zero-order valence-electron chi connectivity index (χ0n) is 14.1. The first-order chi connectivity index (χ1) is 11.5. The molecule has 0 aliphatic carbocycles. The molecule has 2 rings (SSSR count). The average molecular weight is 353 g/mol. The fourth-order valence-corrected chi connectivity index (χ4v) is 2.96. The topological polar surface area (TPSA) is 104 Å². The van der Waals surface area contributed by atoms with E-state index in [1.54, 1.807) is 20.8 Å². The maximum atomic E-state index is 14.3. The van der Waals surface area contributed by atoms with E-state index in [4.69, 9.17) is 4.74 Å². The largest absolute Gasteiger partial charge is 0.481 e. The molecule has 7 nitrogen and oxygen atoms in total. The van der Waals surface area contributed by atoms with Crippen molar-refractivity contribution in [1.82, 2.24) is 4.90 Å². The molecule has 0 saturated carbocycles. The number of carbonyl (C=O) groups excluding carboxylic acids is 1. The van der Waals surface area contributed by atoms with Gasteiger partial charge in [0.25, 0.3) is 0 Å². The van der Waals surface area contributed by atoms with Crippen LogP contribution in [-0.4, -0.2) is 44.8 Å². The average Bonchev–Trinajstić information content (AvgIpc) is 2.86. The lowest BCUT2D eigenvalue weighted by atomic mass is 9.93. The zero-order chi connectivity index (χ0) is 18.9. The molecule has 2 N–H and O–H groups in total. The highest BCUT2D eigenvalue weighted by atomic mass is 19.1. The number of carboxylic acids is 2. The van der Waals surface area contributed by atoms with Gasteiger partial charge in [0, 0.05) is 5.56 Å². The Balaban J connectivity index is 2.54. The quantitative estimate of drug-likeness (QED) is 0.866. The summed E-state index contributed by atoms with van der Waals surface area (Å²) < 4.78 is 19.5. The van der Waals surface area contributed by atoms with E-state index >= 15 is 0 Å². The van der Waals surface area contributed by atoms with Crippen molar-refractivity contribution in [2.24, 2.45) is 5.92 Å². The highest BCUT2D eigenvalue weighted by Crippen LogP contribution is 2.43. The van der Waals surface area contributed by atoms with Gasteiger partial charge in [-0.1, -0.05) is 18.2 Å². The van der Waals surface area contributed by atoms with Crippen LogP contribution in [0.1, 0.15) is 38.8 Å². The van der Waals surface area contributed by atoms with Gasteiger partial charge in [-0.2, -0.15) is 0 Å². The van der Waals surface area contributed by atoms with Crippen LogP contribution in [0.5, 0.6) is 0 Å². The van der Waals surface area contributed by atoms with Gasteiger partial charge in [-0.25, -0.2) is 14.0 Å². The minimum atomic E-state index is -1.42. The van der Waals surface area contributed by atoms with Crippen LogP contribution >= 0.6 is 0 Å². The van der Waals surface area contributed by atoms with E-state index in [-0.39, 0.29) is 12.0 Å². The Morgan fingerprint density at radius 3 is 2.24 bits per heavy atom. The number of nitrogens with zero attached hydrogens (tertiary/aromatic N) is 1. The summed E-state index contributed by atoms with van der Waals surface area (Å²) in [5.41, 5.74) is -0.967. The molecular weight excluding hydrogens is 333 g/mol. The number of likely N-dealkylation sites (tertiary alicyclic amines) is 1. The lowest BCUT2D eigenvalue weighted by Crippen LogP contribution is -2.45. The number of halogens is 1. The van der Waals surface area contributed by atoms with Crippen LogP contribution in [0.15, 0.2) is 24.3 Å². The molecule has 1 fully saturated rings. The van der Waals surface area contributed by atoms with E-state index in [2.05, 4.69) is 0 Å². The van der Waals surface area contributed by atoms with Gasteiger partial charge in [-0.3, -0.25) is 9.69 Å². The van der Waals surface area contributed by atoms with Crippen molar-refractivity contribution in [3.8, 4) is 0 Å². The molecule has 3 atom stereocenters. The van der Waals surface area contributed by atoms with Crippen molar-refractivity contribution in [2.75, 3.05) is 0 Å². The van der Waals surface area contributed by atoms with E-state index < -0.39 is 47.5 Å². The minimum Gasteiger partial charge on any atom is -0.481 e. The molecule has 1 saturated heterocycles. The SMILES string of the molecule is CC(C)(C)OC(=O)N1C(C(=O)O)CC(C(=O)O)C1c1ccccc1F. The van der Waals surface area contributed by atoms with Gasteiger partial charge < -0.3 is 14.9 Å². The fraction of sp³-hybridized carbons (Fsp3) is 0.471. The van der Waals surface area contributed by atoms with Gasteiger partial charge in [0.2, 0.25) is 0 Å². The van der Waals surface area contributed by atoms with Gasteiger partial charge >= 0.3 is 18.0 Å². The fourth-order valence-electron chi connectivity index (χ4n) is 2.96. The highest BCUT2D eigenvalue weighted by Gasteiger charge is 2.52. The molecule has 0 radical (unpaired) electrons. The van der Waals surface area contributed by atoms with Crippen LogP contribution in [0.2, 0.25) is 0 Å². The van der Waals surface area contributed by atoms with E-state index in [0.717, 1.165) is 11.0 Å². The van der Waals surface area contributed by atoms with Crippen LogP contribution in [0.4, 0.5) is 9.18 Å². The number of hydrogen-bond acceptors (Lipinski definition) is 4. The molecule has 1 aromatic carbocycles. The molecule has 3 unspecified atom stereocenters. The summed E-state index contributed by atoms with van der Waals surface area (Å²) in [5.74, 6) is -4.63. The van der Waals surface area contributed by atoms with Gasteiger partial charge in [0.05, 0.1) is 12.0 Å². The van der Waals surface area contributed by atoms with Crippen LogP contribution in [0.3, 0.4) is 0 Å². The van der Waals surface area contributed by atoms with E-state index in [9.17, 15) is 29.0 Å². The number of hydrogen-bond donors (Lipinski definition) is 2. The maximum absolute atomic E-state index is 14.3. The summed E-state index contributed by atoms with van der Waals surface area (Å²) in [6.45, 7) is 4.80. The van der Waals surface area contributed by atoms with Crippen LogP contribution in [-0.2, 0) is 14.3 Å². The summed E-state index contributed by atoms with van der Waals surface area (Å²) >= 11 is 0. The predicted molar refractivity (Wildman–Crippen MR) is 84.4 cm³/mol. The number of benzene rings is 1. The molecule has 25 heavy (non-hydrogen) atoms. The predicted octanol–water partition coefficient (Wildman–Crippen LogP) is 2.66. The summed E-state index contributed by atoms with van der Waals surface area (Å²) in [7, 11) is 0. The lowest BCUT2D eigenvalue weighted by Gasteiger charge is -2.32. The molecular formula is C17H20FNO6. The van der Waals surface area contributed by atoms with E-state index in [0.29, 0.717) is 0 Å². The van der Waals surface area contributed by atoms with Crippen molar-refractivity contribution in [1.29, 1.82) is 0 Å². The molecule has 1 heterocycles. The Morgan fingerprint density at radius 2 is 1.76 bits per heavy atom. The van der Waals surface area contributed by atoms with Crippen molar-refractivity contribution < 1.29 is 33.7 Å². The Morgan fingerprint density at radius 1 is 1.16 bits per heavy atom. The minimum absolute atomic E-state index is 0.0514. The second-order valence-corrected chi connectivity index (χ2v) is 6.89. The molecule has 8 heteroatoms. The summed E-state index contributed by atoms with van der Waals surface area (Å²) in [4.78, 5) is 36.6. The van der Waals surface area contributed by atoms with Crippen molar-refractivity contribution in [3.63, 3.8) is 0 Å². The number of amides is 1. The van der Waals surface area contributed by atoms with Gasteiger partial charge in [-0.05, 0) is 33.3 Å². The van der Waals surface area contributed by atoms with Gasteiger partial charge in [0.1, 0.15) is 17.5 Å². The first-order valence-corrected chi connectivity index (χ1v) is 7.74. The molecule has 1 amide bonds. The Hall–Kier alpha value is -2.64. The number of aliphatic carboxylic acids is 2. The van der Waals surface area contributed by atoms with E-state index in [1.165, 1.54) is 18.2 Å². The van der Waals surface area contributed by atoms with Crippen LogP contribution in [0.25, 0.3) is 0 Å². The van der Waals surface area contributed by atoms with Gasteiger partial charge in [0.15, 0.2) is 0 Å². The van der Waals surface area contributed by atoms with Crippen molar-refractivity contribution in [2.45, 2.75) is 44.9 Å². The van der Waals surface area contributed by atoms with Crippen LogP contribution in [0, 0.1) is 11.7 Å². The Labute approximate surface area is 144 Å². The smallest absolute Gasteiger partial charge is 0.411 e. The number of carboxylic acid groups (broad SMARTS) is 2. The maximum Gasteiger partial charge on any atom is 0.411 e. The molecule has 1 aliphatic rings. The zero-order valence-corrected chi connectivity index (χ0v) is 14.1. The standard InChI is InChI=1S/C17H20FNO6/c1-17(2,3)25-16(24)19-12(15(22)23)8-10(14(20)21)13(19)9-6-4-5-7-11(9)18/h4-7,10,12-13H,8H2,1-3H3,(H,20,21)(H,22,23). The molecule has 0 aromatic heterocycles. The van der Waals surface area contributed by atoms with E-state index in [1.807, 2.05) is 0 Å². The number of carbonyl (C=O) groups is 3. The second-order valence-electron chi connectivity index (χ2n) is 6.89.